The summed E-state index contributed by atoms with van der Waals surface area (Å²) in [6.45, 7) is 0.760. The Kier molecular flexibility index (Phi) is 6.02. The Labute approximate surface area is 180 Å². The second-order valence-electron chi connectivity index (χ2n) is 6.76. The average Bonchev–Trinajstić information content (AvgIpc) is 3.17. The zero-order valence-electron chi connectivity index (χ0n) is 16.7. The molecule has 0 aliphatic carbocycles. The molecule has 3 N–H and O–H groups in total. The van der Waals surface area contributed by atoms with Gasteiger partial charge < -0.3 is 20.5 Å². The van der Waals surface area contributed by atoms with Crippen molar-refractivity contribution in [2.24, 2.45) is 0 Å². The predicted octanol–water partition coefficient (Wildman–Crippen LogP) is 1.50. The van der Waals surface area contributed by atoms with E-state index in [4.69, 9.17) is 12.6 Å². The van der Waals surface area contributed by atoms with E-state index in [-0.39, 0.29) is 18.3 Å². The van der Waals surface area contributed by atoms with Gasteiger partial charge in [0.1, 0.15) is 25.2 Å². The quantitative estimate of drug-likeness (QED) is 0.299. The fraction of sp³-hybridized carbons (Fsp3) is 0.136. The summed E-state index contributed by atoms with van der Waals surface area (Å²) >= 11 is 0. The highest BCUT2D eigenvalue weighted by Crippen LogP contribution is 2.29. The minimum absolute atomic E-state index is 0.0589. The molecule has 0 aliphatic rings. The number of hydrogen-bond donors (Lipinski definition) is 3. The molecule has 2 aromatic heterocycles. The van der Waals surface area contributed by atoms with Crippen molar-refractivity contribution in [2.75, 3.05) is 25.0 Å². The molecule has 0 saturated carbocycles. The normalized spacial score (nSPS) is 10.7. The van der Waals surface area contributed by atoms with E-state index in [9.17, 15) is 9.90 Å². The number of aromatic nitrogens is 3. The van der Waals surface area contributed by atoms with Crippen LogP contribution >= 0.6 is 0 Å². The first-order valence-electron chi connectivity index (χ1n) is 9.73. The van der Waals surface area contributed by atoms with Crippen molar-refractivity contribution in [3.05, 3.63) is 66.9 Å². The minimum atomic E-state index is -0.219. The van der Waals surface area contributed by atoms with E-state index in [0.717, 1.165) is 0 Å². The maximum Gasteiger partial charge on any atom is 0.258 e. The Hall–Kier alpha value is -4.01. The van der Waals surface area contributed by atoms with E-state index in [1.807, 2.05) is 24.3 Å². The number of carbonyl (C=O) groups excluding carboxylic acids is 1. The molecule has 4 rings (SSSR count). The molecule has 154 valence electrons. The molecule has 2 heterocycles. The Morgan fingerprint density at radius 1 is 1.10 bits per heavy atom. The van der Waals surface area contributed by atoms with E-state index in [0.29, 0.717) is 47.0 Å². The number of rotatable bonds is 8. The van der Waals surface area contributed by atoms with E-state index >= 15 is 0 Å². The number of phenolic OH excluding ortho intramolecular Hbond substituents is 1. The van der Waals surface area contributed by atoms with Gasteiger partial charge >= 0.3 is 0 Å². The summed E-state index contributed by atoms with van der Waals surface area (Å²) in [7, 11) is 6.00. The third-order valence-electron chi connectivity index (χ3n) is 4.55. The van der Waals surface area contributed by atoms with E-state index in [1.54, 1.807) is 40.9 Å². The molecule has 0 spiro atoms. The molecule has 0 saturated heterocycles. The van der Waals surface area contributed by atoms with Gasteiger partial charge in [-0.25, -0.2) is 4.98 Å². The van der Waals surface area contributed by atoms with Crippen LogP contribution in [0.15, 0.2) is 66.9 Å². The number of nitrogens with one attached hydrogen (secondary N) is 2. The van der Waals surface area contributed by atoms with Gasteiger partial charge in [0.05, 0.1) is 5.69 Å². The molecule has 2 radical (unpaired) electrons. The van der Waals surface area contributed by atoms with Crippen molar-refractivity contribution in [1.29, 1.82) is 0 Å². The van der Waals surface area contributed by atoms with Gasteiger partial charge in [-0.05, 0) is 29.7 Å². The summed E-state index contributed by atoms with van der Waals surface area (Å²) in [5.74, 6) is 1.18. The number of nitrogens with zero attached hydrogens (tertiary/aromatic N) is 3. The van der Waals surface area contributed by atoms with Gasteiger partial charge in [-0.1, -0.05) is 30.3 Å². The van der Waals surface area contributed by atoms with Gasteiger partial charge in [0, 0.05) is 30.9 Å². The van der Waals surface area contributed by atoms with Gasteiger partial charge in [-0.15, -0.1) is 0 Å². The minimum Gasteiger partial charge on any atom is -0.507 e. The number of anilines is 1. The molecule has 2 aromatic carbocycles. The molecular weight excluding hydrogens is 393 g/mol. The average molecular weight is 413 g/mol. The second kappa shape index (κ2) is 9.21. The van der Waals surface area contributed by atoms with E-state index in [1.165, 1.54) is 6.20 Å². The molecule has 0 bridgehead atoms. The highest BCUT2D eigenvalue weighted by atomic mass is 16.5. The first-order valence-corrected chi connectivity index (χ1v) is 9.73. The van der Waals surface area contributed by atoms with Gasteiger partial charge in [-0.3, -0.25) is 4.79 Å². The molecule has 8 nitrogen and oxygen atoms in total. The second-order valence-corrected chi connectivity index (χ2v) is 6.76. The fourth-order valence-electron chi connectivity index (χ4n) is 3.04. The number of ether oxygens (including phenoxy) is 1. The van der Waals surface area contributed by atoms with Crippen molar-refractivity contribution >= 4 is 30.7 Å². The number of para-hydroxylation sites is 2. The molecule has 0 aliphatic heterocycles. The van der Waals surface area contributed by atoms with Crippen molar-refractivity contribution in [3.63, 3.8) is 0 Å². The first-order chi connectivity index (χ1) is 15.1. The molecule has 31 heavy (non-hydrogen) atoms. The van der Waals surface area contributed by atoms with E-state index in [2.05, 4.69) is 20.7 Å². The van der Waals surface area contributed by atoms with E-state index < -0.39 is 0 Å². The Bertz CT molecular complexity index is 1200. The first kappa shape index (κ1) is 20.3. The molecule has 9 heteroatoms. The highest BCUT2D eigenvalue weighted by molar-refractivity contribution is 6.36. The number of fused-ring (bicyclic) bond motifs is 1. The van der Waals surface area contributed by atoms with Crippen LogP contribution in [0.4, 0.5) is 5.82 Å². The highest BCUT2D eigenvalue weighted by Gasteiger charge is 2.12. The monoisotopic (exact) mass is 413 g/mol. The number of hydrogen-bond acceptors (Lipinski definition) is 6. The summed E-state index contributed by atoms with van der Waals surface area (Å²) in [5.41, 5.74) is 2.04. The van der Waals surface area contributed by atoms with Crippen molar-refractivity contribution in [1.82, 2.24) is 19.9 Å². The number of carbonyl (C=O) groups is 1. The fourth-order valence-corrected chi connectivity index (χ4v) is 3.04. The third kappa shape index (κ3) is 4.77. The molecule has 4 aromatic rings. The van der Waals surface area contributed by atoms with Crippen LogP contribution in [-0.4, -0.2) is 53.2 Å². The van der Waals surface area contributed by atoms with Crippen LogP contribution < -0.4 is 20.8 Å². The van der Waals surface area contributed by atoms with Crippen LogP contribution in [0.3, 0.4) is 0 Å². The summed E-state index contributed by atoms with van der Waals surface area (Å²) < 4.78 is 7.01. The standard InChI is InChI=1S/C22H20BN5O3/c23-17-13-26-28-20(12-18(27-22(17)28)16-8-4-5-9-19(16)29)24-10-11-25-21(30)14-31-15-6-2-1-3-7-15/h1-9,12-13,24,29H,10-11,14H2,(H,25,30). The largest absolute Gasteiger partial charge is 0.507 e. The van der Waals surface area contributed by atoms with Crippen LogP contribution in [0.1, 0.15) is 0 Å². The molecular formula is C22H20BN5O3. The zero-order chi connectivity index (χ0) is 21.6. The smallest absolute Gasteiger partial charge is 0.258 e. The number of amides is 1. The lowest BCUT2D eigenvalue weighted by Crippen LogP contribution is -2.33. The summed E-state index contributed by atoms with van der Waals surface area (Å²) in [6, 6.07) is 17.9. The molecule has 0 fully saturated rings. The van der Waals surface area contributed by atoms with Crippen LogP contribution in [0.25, 0.3) is 16.9 Å². The molecule has 0 unspecified atom stereocenters. The SMILES string of the molecule is [B]c1cnn2c(NCCNC(=O)COc3ccccc3)cc(-c3ccccc3O)nc12. The van der Waals surface area contributed by atoms with Crippen molar-refractivity contribution < 1.29 is 14.6 Å². The lowest BCUT2D eigenvalue weighted by Gasteiger charge is -2.12. The topological polar surface area (TPSA) is 101 Å². The van der Waals surface area contributed by atoms with Crippen LogP contribution in [-0.2, 0) is 4.79 Å². The Morgan fingerprint density at radius 2 is 1.87 bits per heavy atom. The van der Waals surface area contributed by atoms with Gasteiger partial charge in [0.15, 0.2) is 12.3 Å². The van der Waals surface area contributed by atoms with Gasteiger partial charge in [0.2, 0.25) is 0 Å². The van der Waals surface area contributed by atoms with Gasteiger partial charge in [0.25, 0.3) is 5.91 Å². The molecule has 1 amide bonds. The van der Waals surface area contributed by atoms with Crippen molar-refractivity contribution in [3.8, 4) is 22.8 Å². The number of phenols is 1. The summed E-state index contributed by atoms with van der Waals surface area (Å²) in [5, 5.41) is 20.5. The Morgan fingerprint density at radius 3 is 2.68 bits per heavy atom. The van der Waals surface area contributed by atoms with Gasteiger partial charge in [-0.2, -0.15) is 9.61 Å². The lowest BCUT2D eigenvalue weighted by atomic mass is 10.0. The maximum absolute atomic E-state index is 12.0. The van der Waals surface area contributed by atoms with Crippen LogP contribution in [0, 0.1) is 0 Å². The Balaban J connectivity index is 1.40. The zero-order valence-corrected chi connectivity index (χ0v) is 16.7. The summed E-state index contributed by atoms with van der Waals surface area (Å²) in [6.07, 6.45) is 1.52. The lowest BCUT2D eigenvalue weighted by molar-refractivity contribution is -0.123. The van der Waals surface area contributed by atoms with Crippen molar-refractivity contribution in [2.45, 2.75) is 0 Å². The molecule has 0 atom stereocenters. The number of aromatic hydroxyl groups is 1. The summed E-state index contributed by atoms with van der Waals surface area (Å²) in [4.78, 5) is 16.5. The van der Waals surface area contributed by atoms with Crippen LogP contribution in [0.2, 0.25) is 0 Å². The maximum atomic E-state index is 12.0. The third-order valence-corrected chi connectivity index (χ3v) is 4.55. The number of benzene rings is 2. The predicted molar refractivity (Wildman–Crippen MR) is 119 cm³/mol. The van der Waals surface area contributed by atoms with Crippen LogP contribution in [0.5, 0.6) is 11.5 Å².